The SMILES string of the molecule is COc1ccc2c(c1)C13CCN4CC5=CCOC6CC(=O)N2[C@H]1C6C5CC43O. The number of nitrogens with zero attached hydrogens (tertiary/aromatic N) is 2. The molecule has 1 aromatic carbocycles. The molecule has 6 nitrogen and oxygen atoms in total. The zero-order valence-electron chi connectivity index (χ0n) is 15.9. The lowest BCUT2D eigenvalue weighted by molar-refractivity contribution is -0.197. The van der Waals surface area contributed by atoms with E-state index in [-0.39, 0.29) is 29.9 Å². The molecule has 0 aromatic heterocycles. The molecule has 6 atom stereocenters. The van der Waals surface area contributed by atoms with E-state index in [2.05, 4.69) is 17.0 Å². The fourth-order valence-electron chi connectivity index (χ4n) is 7.68. The number of hydrogen-bond acceptors (Lipinski definition) is 5. The van der Waals surface area contributed by atoms with E-state index in [0.29, 0.717) is 13.0 Å². The van der Waals surface area contributed by atoms with Crippen molar-refractivity contribution in [3.8, 4) is 5.75 Å². The van der Waals surface area contributed by atoms with Gasteiger partial charge in [0.2, 0.25) is 5.91 Å². The van der Waals surface area contributed by atoms with Gasteiger partial charge in [0.15, 0.2) is 0 Å². The highest BCUT2D eigenvalue weighted by Gasteiger charge is 2.76. The van der Waals surface area contributed by atoms with Gasteiger partial charge in [0, 0.05) is 24.7 Å². The molecule has 1 saturated carbocycles. The van der Waals surface area contributed by atoms with Crippen LogP contribution < -0.4 is 9.64 Å². The summed E-state index contributed by atoms with van der Waals surface area (Å²) in [6.07, 6.45) is 4.19. The zero-order chi connectivity index (χ0) is 18.8. The number of amides is 1. The van der Waals surface area contributed by atoms with Gasteiger partial charge < -0.3 is 19.5 Å². The molecule has 146 valence electrons. The number of benzene rings is 1. The van der Waals surface area contributed by atoms with Crippen molar-refractivity contribution < 1.29 is 19.4 Å². The van der Waals surface area contributed by atoms with Gasteiger partial charge in [0.1, 0.15) is 11.5 Å². The second-order valence-electron chi connectivity index (χ2n) is 9.29. The maximum Gasteiger partial charge on any atom is 0.229 e. The Morgan fingerprint density at radius 2 is 2.25 bits per heavy atom. The van der Waals surface area contributed by atoms with Gasteiger partial charge in [-0.15, -0.1) is 0 Å². The highest BCUT2D eigenvalue weighted by molar-refractivity contribution is 5.99. The van der Waals surface area contributed by atoms with Crippen LogP contribution in [0, 0.1) is 11.8 Å². The molecule has 7 rings (SSSR count). The van der Waals surface area contributed by atoms with Gasteiger partial charge in [-0.25, -0.2) is 0 Å². The number of aliphatic hydroxyl groups is 1. The smallest absolute Gasteiger partial charge is 0.229 e. The Morgan fingerprint density at radius 3 is 3.11 bits per heavy atom. The number of carbonyl (C=O) groups is 1. The molecule has 1 spiro atoms. The van der Waals surface area contributed by atoms with Gasteiger partial charge >= 0.3 is 0 Å². The monoisotopic (exact) mass is 380 g/mol. The lowest BCUT2D eigenvalue weighted by atomic mass is 9.52. The van der Waals surface area contributed by atoms with Crippen LogP contribution in [0.5, 0.6) is 5.75 Å². The fraction of sp³-hybridized carbons (Fsp3) is 0.591. The van der Waals surface area contributed by atoms with Crippen LogP contribution in [0.4, 0.5) is 5.69 Å². The maximum absolute atomic E-state index is 13.3. The van der Waals surface area contributed by atoms with Crippen LogP contribution in [0.2, 0.25) is 0 Å². The minimum Gasteiger partial charge on any atom is -0.497 e. The topological polar surface area (TPSA) is 62.2 Å². The van der Waals surface area contributed by atoms with Gasteiger partial charge in [0.25, 0.3) is 0 Å². The first-order valence-corrected chi connectivity index (χ1v) is 10.4. The van der Waals surface area contributed by atoms with Crippen LogP contribution in [0.15, 0.2) is 29.8 Å². The molecule has 1 aromatic rings. The number of hydrogen-bond donors (Lipinski definition) is 1. The summed E-state index contributed by atoms with van der Waals surface area (Å²) in [5.41, 5.74) is 2.07. The van der Waals surface area contributed by atoms with Crippen LogP contribution in [0.25, 0.3) is 0 Å². The van der Waals surface area contributed by atoms with Crippen molar-refractivity contribution in [3.63, 3.8) is 0 Å². The third-order valence-corrected chi connectivity index (χ3v) is 8.65. The summed E-state index contributed by atoms with van der Waals surface area (Å²) in [5, 5.41) is 12.2. The van der Waals surface area contributed by atoms with E-state index in [1.807, 2.05) is 17.0 Å². The van der Waals surface area contributed by atoms with Crippen molar-refractivity contribution in [1.82, 2.24) is 4.90 Å². The highest BCUT2D eigenvalue weighted by Crippen LogP contribution is 2.69. The summed E-state index contributed by atoms with van der Waals surface area (Å²) in [4.78, 5) is 17.6. The maximum atomic E-state index is 13.3. The molecule has 5 heterocycles. The Bertz CT molecular complexity index is 960. The minimum absolute atomic E-state index is 0.0450. The van der Waals surface area contributed by atoms with Crippen LogP contribution in [0.1, 0.15) is 24.8 Å². The van der Waals surface area contributed by atoms with E-state index in [4.69, 9.17) is 9.47 Å². The van der Waals surface area contributed by atoms with Crippen molar-refractivity contribution in [3.05, 3.63) is 35.4 Å². The summed E-state index contributed by atoms with van der Waals surface area (Å²) in [6.45, 7) is 2.25. The van der Waals surface area contributed by atoms with Crippen LogP contribution in [0.3, 0.4) is 0 Å². The Morgan fingerprint density at radius 1 is 1.36 bits per heavy atom. The lowest BCUT2D eigenvalue weighted by Crippen LogP contribution is -2.74. The standard InChI is InChI=1S/C22H24N2O4/c1-27-13-2-3-16-15(8-13)21-5-6-23-11-12-4-7-28-17-9-18(25)24(16)20(21)19(17)14(12)10-22(21,23)26/h2-4,8,14,17,19-20,26H,5-7,9-11H2,1H3/t14?,17?,19?,20-,21?,22?/m0/s1. The van der Waals surface area contributed by atoms with Gasteiger partial charge in [-0.1, -0.05) is 11.6 Å². The summed E-state index contributed by atoms with van der Waals surface area (Å²) in [7, 11) is 1.67. The van der Waals surface area contributed by atoms with E-state index in [9.17, 15) is 9.90 Å². The average Bonchev–Trinajstić information content (AvgIpc) is 3.11. The fourth-order valence-corrected chi connectivity index (χ4v) is 7.68. The first-order chi connectivity index (χ1) is 13.6. The van der Waals surface area contributed by atoms with Crippen molar-refractivity contribution in [2.45, 2.75) is 42.5 Å². The van der Waals surface area contributed by atoms with Crippen molar-refractivity contribution in [2.24, 2.45) is 11.8 Å². The number of piperidine rings is 2. The van der Waals surface area contributed by atoms with Gasteiger partial charge in [-0.3, -0.25) is 9.69 Å². The molecule has 1 aliphatic carbocycles. The summed E-state index contributed by atoms with van der Waals surface area (Å²) >= 11 is 0. The number of methoxy groups -OCH3 is 1. The zero-order valence-corrected chi connectivity index (χ0v) is 15.9. The van der Waals surface area contributed by atoms with E-state index in [0.717, 1.165) is 42.9 Å². The lowest BCUT2D eigenvalue weighted by Gasteiger charge is -2.62. The number of ether oxygens (including phenoxy) is 2. The summed E-state index contributed by atoms with van der Waals surface area (Å²) in [5.74, 6) is 1.44. The largest absolute Gasteiger partial charge is 0.497 e. The first-order valence-electron chi connectivity index (χ1n) is 10.4. The number of carbonyl (C=O) groups excluding carboxylic acids is 1. The molecule has 0 radical (unpaired) electrons. The quantitative estimate of drug-likeness (QED) is 0.747. The molecule has 1 N–H and O–H groups in total. The van der Waals surface area contributed by atoms with E-state index in [1.54, 1.807) is 7.11 Å². The van der Waals surface area contributed by atoms with Crippen LogP contribution in [-0.2, 0) is 14.9 Å². The number of anilines is 1. The average molecular weight is 380 g/mol. The molecule has 4 fully saturated rings. The molecule has 28 heavy (non-hydrogen) atoms. The highest BCUT2D eigenvalue weighted by atomic mass is 16.5. The predicted molar refractivity (Wildman–Crippen MR) is 101 cm³/mol. The number of rotatable bonds is 1. The molecule has 2 bridgehead atoms. The van der Waals surface area contributed by atoms with Crippen molar-refractivity contribution in [1.29, 1.82) is 0 Å². The van der Waals surface area contributed by atoms with E-state index >= 15 is 0 Å². The Balaban J connectivity index is 1.56. The Labute approximate surface area is 163 Å². The molecule has 3 saturated heterocycles. The third-order valence-electron chi connectivity index (χ3n) is 8.65. The molecule has 6 heteroatoms. The van der Waals surface area contributed by atoms with Gasteiger partial charge in [0.05, 0.1) is 37.7 Å². The Kier molecular flexibility index (Phi) is 2.74. The van der Waals surface area contributed by atoms with Gasteiger partial charge in [-0.2, -0.15) is 0 Å². The van der Waals surface area contributed by atoms with Crippen molar-refractivity contribution >= 4 is 11.6 Å². The van der Waals surface area contributed by atoms with Gasteiger partial charge in [-0.05, 0) is 42.5 Å². The molecule has 5 unspecified atom stereocenters. The molecular weight excluding hydrogens is 356 g/mol. The van der Waals surface area contributed by atoms with Crippen molar-refractivity contribution in [2.75, 3.05) is 31.7 Å². The number of fused-ring (bicyclic) bond motifs is 2. The van der Waals surface area contributed by atoms with Crippen LogP contribution >= 0.6 is 0 Å². The normalized spacial score (nSPS) is 44.9. The predicted octanol–water partition coefficient (Wildman–Crippen LogP) is 1.42. The minimum atomic E-state index is -0.918. The first kappa shape index (κ1) is 16.0. The van der Waals surface area contributed by atoms with E-state index < -0.39 is 11.1 Å². The second kappa shape index (κ2) is 4.81. The molecule has 5 aliphatic heterocycles. The summed E-state index contributed by atoms with van der Waals surface area (Å²) in [6, 6.07) is 5.98. The second-order valence-corrected chi connectivity index (χ2v) is 9.29. The summed E-state index contributed by atoms with van der Waals surface area (Å²) < 4.78 is 11.8. The Hall–Kier alpha value is -1.89. The molecule has 6 aliphatic rings. The third kappa shape index (κ3) is 1.49. The molecule has 1 amide bonds. The van der Waals surface area contributed by atoms with Crippen LogP contribution in [-0.4, -0.2) is 60.6 Å². The molecular formula is C22H24N2O4. The van der Waals surface area contributed by atoms with E-state index in [1.165, 1.54) is 5.57 Å².